The van der Waals surface area contributed by atoms with Crippen LogP contribution in [0.25, 0.3) is 0 Å². The van der Waals surface area contributed by atoms with Crippen molar-refractivity contribution in [2.75, 3.05) is 18.5 Å². The smallest absolute Gasteiger partial charge is 0.308 e. The number of nitrogens with one attached hydrogen (secondary N) is 1. The Bertz CT molecular complexity index is 912. The van der Waals surface area contributed by atoms with Gasteiger partial charge in [0.05, 0.1) is 17.5 Å². The molecular weight excluding hydrogens is 360 g/mol. The molecule has 1 N–H and O–H groups in total. The summed E-state index contributed by atoms with van der Waals surface area (Å²) in [5.74, 6) is -1.98. The summed E-state index contributed by atoms with van der Waals surface area (Å²) >= 11 is 0. The van der Waals surface area contributed by atoms with E-state index in [0.717, 1.165) is 16.0 Å². The molecule has 0 atom stereocenters. The van der Waals surface area contributed by atoms with Crippen LogP contribution in [0.4, 0.5) is 5.69 Å². The standard InChI is InChI=1S/C21H20N2O5/c1-13-9-14(2)11-15(10-13)22-18(24)12-28-19(25)7-8-23-20(26)16-5-3-4-6-17(16)21(23)27/h3-6,9-11H,7-8,12H2,1-2H3,(H,22,24). The summed E-state index contributed by atoms with van der Waals surface area (Å²) in [5.41, 5.74) is 3.30. The van der Waals surface area contributed by atoms with E-state index in [4.69, 9.17) is 4.74 Å². The van der Waals surface area contributed by atoms with Crippen LogP contribution in [0, 0.1) is 13.8 Å². The molecule has 1 heterocycles. The fourth-order valence-electron chi connectivity index (χ4n) is 3.11. The molecule has 3 rings (SSSR count). The maximum atomic E-state index is 12.2. The molecule has 0 fully saturated rings. The van der Waals surface area contributed by atoms with Crippen molar-refractivity contribution in [3.8, 4) is 0 Å². The number of aryl methyl sites for hydroxylation is 2. The number of ether oxygens (including phenoxy) is 1. The van der Waals surface area contributed by atoms with Gasteiger partial charge in [0.25, 0.3) is 17.7 Å². The highest BCUT2D eigenvalue weighted by Crippen LogP contribution is 2.22. The summed E-state index contributed by atoms with van der Waals surface area (Å²) in [6.45, 7) is 3.31. The average molecular weight is 380 g/mol. The average Bonchev–Trinajstić information content (AvgIpc) is 2.88. The Kier molecular flexibility index (Phi) is 5.54. The predicted molar refractivity (Wildman–Crippen MR) is 102 cm³/mol. The van der Waals surface area contributed by atoms with E-state index in [0.29, 0.717) is 16.8 Å². The Labute approximate surface area is 162 Å². The number of imide groups is 1. The minimum absolute atomic E-state index is 0.0934. The lowest BCUT2D eigenvalue weighted by molar-refractivity contribution is -0.147. The van der Waals surface area contributed by atoms with E-state index in [-0.39, 0.29) is 13.0 Å². The van der Waals surface area contributed by atoms with Crippen LogP contribution in [0.1, 0.15) is 38.3 Å². The third-order valence-electron chi connectivity index (χ3n) is 4.29. The maximum absolute atomic E-state index is 12.2. The van der Waals surface area contributed by atoms with Crippen LogP contribution in [-0.4, -0.2) is 41.7 Å². The van der Waals surface area contributed by atoms with E-state index >= 15 is 0 Å². The second-order valence-corrected chi connectivity index (χ2v) is 6.64. The fourth-order valence-corrected chi connectivity index (χ4v) is 3.11. The molecule has 0 aliphatic carbocycles. The first kappa shape index (κ1) is 19.3. The highest BCUT2D eigenvalue weighted by molar-refractivity contribution is 6.21. The van der Waals surface area contributed by atoms with E-state index in [1.807, 2.05) is 32.0 Å². The number of rotatable bonds is 6. The van der Waals surface area contributed by atoms with Crippen molar-refractivity contribution in [1.82, 2.24) is 4.90 Å². The van der Waals surface area contributed by atoms with E-state index < -0.39 is 30.3 Å². The first-order valence-corrected chi connectivity index (χ1v) is 8.84. The molecule has 1 aliphatic rings. The van der Waals surface area contributed by atoms with Gasteiger partial charge in [-0.3, -0.25) is 24.1 Å². The van der Waals surface area contributed by atoms with Gasteiger partial charge in [-0.05, 0) is 49.2 Å². The second kappa shape index (κ2) is 8.04. The number of carbonyl (C=O) groups excluding carboxylic acids is 4. The Morgan fingerprint density at radius 1 is 0.964 bits per heavy atom. The Morgan fingerprint density at radius 3 is 2.11 bits per heavy atom. The number of amides is 3. The number of benzene rings is 2. The highest BCUT2D eigenvalue weighted by Gasteiger charge is 2.35. The molecular formula is C21H20N2O5. The number of hydrogen-bond donors (Lipinski definition) is 1. The lowest BCUT2D eigenvalue weighted by Crippen LogP contribution is -2.32. The number of anilines is 1. The van der Waals surface area contributed by atoms with Gasteiger partial charge in [-0.25, -0.2) is 0 Å². The molecule has 0 bridgehead atoms. The van der Waals surface area contributed by atoms with Crippen LogP contribution in [0.2, 0.25) is 0 Å². The zero-order valence-electron chi connectivity index (χ0n) is 15.7. The molecule has 0 saturated heterocycles. The Balaban J connectivity index is 1.47. The van der Waals surface area contributed by atoms with E-state index in [1.165, 1.54) is 0 Å². The first-order chi connectivity index (χ1) is 13.3. The van der Waals surface area contributed by atoms with Crippen molar-refractivity contribution in [2.24, 2.45) is 0 Å². The van der Waals surface area contributed by atoms with E-state index in [2.05, 4.69) is 5.32 Å². The van der Waals surface area contributed by atoms with Gasteiger partial charge in [-0.15, -0.1) is 0 Å². The minimum Gasteiger partial charge on any atom is -0.456 e. The van der Waals surface area contributed by atoms with Gasteiger partial charge in [-0.2, -0.15) is 0 Å². The molecule has 2 aromatic carbocycles. The molecule has 2 aromatic rings. The topological polar surface area (TPSA) is 92.8 Å². The SMILES string of the molecule is Cc1cc(C)cc(NC(=O)COC(=O)CCN2C(=O)c3ccccc3C2=O)c1. The number of nitrogens with zero attached hydrogens (tertiary/aromatic N) is 1. The van der Waals surface area contributed by atoms with Crippen molar-refractivity contribution in [2.45, 2.75) is 20.3 Å². The zero-order chi connectivity index (χ0) is 20.3. The second-order valence-electron chi connectivity index (χ2n) is 6.64. The first-order valence-electron chi connectivity index (χ1n) is 8.84. The van der Waals surface area contributed by atoms with E-state index in [9.17, 15) is 19.2 Å². The maximum Gasteiger partial charge on any atom is 0.308 e. The number of fused-ring (bicyclic) bond motifs is 1. The number of hydrogen-bond acceptors (Lipinski definition) is 5. The highest BCUT2D eigenvalue weighted by atomic mass is 16.5. The van der Waals surface area contributed by atoms with Crippen LogP contribution < -0.4 is 5.32 Å². The quantitative estimate of drug-likeness (QED) is 0.614. The minimum atomic E-state index is -0.660. The number of esters is 1. The number of carbonyl (C=O) groups is 4. The zero-order valence-corrected chi connectivity index (χ0v) is 15.7. The van der Waals surface area contributed by atoms with Crippen LogP contribution in [0.3, 0.4) is 0 Å². The lowest BCUT2D eigenvalue weighted by Gasteiger charge is -2.13. The van der Waals surface area contributed by atoms with Crippen molar-refractivity contribution in [3.05, 3.63) is 64.7 Å². The normalized spacial score (nSPS) is 12.7. The van der Waals surface area contributed by atoms with Gasteiger partial charge in [0.1, 0.15) is 0 Å². The van der Waals surface area contributed by atoms with Crippen LogP contribution >= 0.6 is 0 Å². The summed E-state index contributed by atoms with van der Waals surface area (Å²) in [6, 6.07) is 12.1. The van der Waals surface area contributed by atoms with Gasteiger partial charge < -0.3 is 10.1 Å². The van der Waals surface area contributed by atoms with Gasteiger partial charge in [-0.1, -0.05) is 18.2 Å². The van der Waals surface area contributed by atoms with Crippen molar-refractivity contribution in [3.63, 3.8) is 0 Å². The third kappa shape index (κ3) is 4.25. The summed E-state index contributed by atoms with van der Waals surface area (Å²) in [7, 11) is 0. The van der Waals surface area contributed by atoms with Gasteiger partial charge in [0.2, 0.25) is 0 Å². The predicted octanol–water partition coefficient (Wildman–Crippen LogP) is 2.47. The molecule has 144 valence electrons. The molecule has 1 aliphatic heterocycles. The van der Waals surface area contributed by atoms with Gasteiger partial charge in [0.15, 0.2) is 6.61 Å². The molecule has 0 unspecified atom stereocenters. The molecule has 0 aromatic heterocycles. The molecule has 28 heavy (non-hydrogen) atoms. The van der Waals surface area contributed by atoms with Crippen LogP contribution in [-0.2, 0) is 14.3 Å². The molecule has 0 spiro atoms. The summed E-state index contributed by atoms with van der Waals surface area (Å²) < 4.78 is 4.94. The molecule has 3 amide bonds. The largest absolute Gasteiger partial charge is 0.456 e. The van der Waals surface area contributed by atoms with Crippen molar-refractivity contribution in [1.29, 1.82) is 0 Å². The van der Waals surface area contributed by atoms with Gasteiger partial charge >= 0.3 is 5.97 Å². The fraction of sp³-hybridized carbons (Fsp3) is 0.238. The molecule has 7 heteroatoms. The Morgan fingerprint density at radius 2 is 1.54 bits per heavy atom. The Hall–Kier alpha value is -3.48. The van der Waals surface area contributed by atoms with Crippen molar-refractivity contribution < 1.29 is 23.9 Å². The molecule has 0 saturated carbocycles. The lowest BCUT2D eigenvalue weighted by atomic mass is 10.1. The molecule has 7 nitrogen and oxygen atoms in total. The summed E-state index contributed by atoms with van der Waals surface area (Å²) in [6.07, 6.45) is -0.178. The molecule has 0 radical (unpaired) electrons. The van der Waals surface area contributed by atoms with E-state index in [1.54, 1.807) is 24.3 Å². The third-order valence-corrected chi connectivity index (χ3v) is 4.29. The summed E-state index contributed by atoms with van der Waals surface area (Å²) in [5, 5.41) is 2.67. The van der Waals surface area contributed by atoms with Crippen LogP contribution in [0.15, 0.2) is 42.5 Å². The van der Waals surface area contributed by atoms with Crippen LogP contribution in [0.5, 0.6) is 0 Å². The van der Waals surface area contributed by atoms with Gasteiger partial charge in [0, 0.05) is 12.2 Å². The van der Waals surface area contributed by atoms with Crippen molar-refractivity contribution >= 4 is 29.4 Å². The summed E-state index contributed by atoms with van der Waals surface area (Å²) in [4.78, 5) is 49.3. The monoisotopic (exact) mass is 380 g/mol.